The molecule has 1 aromatic heterocycles. The van der Waals surface area contributed by atoms with Crippen molar-refractivity contribution in [1.29, 1.82) is 0 Å². The van der Waals surface area contributed by atoms with Gasteiger partial charge in [-0.15, -0.1) is 0 Å². The van der Waals surface area contributed by atoms with Crippen molar-refractivity contribution in [3.8, 4) is 0 Å². The Bertz CT molecular complexity index is 215. The Morgan fingerprint density at radius 2 is 2.42 bits per heavy atom. The van der Waals surface area contributed by atoms with Gasteiger partial charge in [0, 0.05) is 25.1 Å². The van der Waals surface area contributed by atoms with Crippen LogP contribution in [-0.4, -0.2) is 21.3 Å². The third kappa shape index (κ3) is 2.94. The van der Waals surface area contributed by atoms with Crippen LogP contribution < -0.4 is 5.32 Å². The first-order chi connectivity index (χ1) is 5.83. The molecule has 2 N–H and O–H groups in total. The molecule has 4 heteroatoms. The summed E-state index contributed by atoms with van der Waals surface area (Å²) in [6.45, 7) is 2.47. The van der Waals surface area contributed by atoms with Crippen molar-refractivity contribution in [2.45, 2.75) is 26.1 Å². The quantitative estimate of drug-likeness (QED) is 0.633. The Balaban J connectivity index is 2.33. The maximum Gasteiger partial charge on any atom is 0.104 e. The number of rotatable bonds is 4. The van der Waals surface area contributed by atoms with E-state index in [1.165, 1.54) is 0 Å². The fourth-order valence-corrected chi connectivity index (χ4v) is 0.788. The summed E-state index contributed by atoms with van der Waals surface area (Å²) in [4.78, 5) is 7.95. The summed E-state index contributed by atoms with van der Waals surface area (Å²) in [5, 5.41) is 12.1. The normalized spacial score (nSPS) is 12.8. The Labute approximate surface area is 71.7 Å². The van der Waals surface area contributed by atoms with Crippen molar-refractivity contribution >= 4 is 0 Å². The number of aliphatic hydroxyl groups is 1. The number of aliphatic hydroxyl groups excluding tert-OH is 1. The summed E-state index contributed by atoms with van der Waals surface area (Å²) in [6.07, 6.45) is 5.18. The van der Waals surface area contributed by atoms with Crippen LogP contribution in [0.1, 0.15) is 19.0 Å². The number of nitrogens with zero attached hydrogens (tertiary/aromatic N) is 2. The second-order valence-corrected chi connectivity index (χ2v) is 2.50. The summed E-state index contributed by atoms with van der Waals surface area (Å²) in [5.41, 5.74) is 0.838. The zero-order valence-corrected chi connectivity index (χ0v) is 7.07. The van der Waals surface area contributed by atoms with Crippen LogP contribution in [0.5, 0.6) is 0 Å². The Morgan fingerprint density at radius 1 is 1.58 bits per heavy atom. The number of nitrogens with one attached hydrogen (secondary N) is 1. The molecule has 4 nitrogen and oxygen atoms in total. The van der Waals surface area contributed by atoms with Crippen LogP contribution in [0.15, 0.2) is 18.6 Å². The average molecular weight is 167 g/mol. The highest BCUT2D eigenvalue weighted by molar-refractivity contribution is 4.93. The van der Waals surface area contributed by atoms with Crippen LogP contribution in [-0.2, 0) is 6.54 Å². The zero-order chi connectivity index (χ0) is 8.81. The van der Waals surface area contributed by atoms with Crippen LogP contribution >= 0.6 is 0 Å². The smallest absolute Gasteiger partial charge is 0.104 e. The van der Waals surface area contributed by atoms with E-state index in [1.54, 1.807) is 18.6 Å². The SMILES string of the molecule is CCC(O)NCc1cnccn1. The van der Waals surface area contributed by atoms with E-state index in [9.17, 15) is 0 Å². The lowest BCUT2D eigenvalue weighted by Gasteiger charge is -2.08. The lowest BCUT2D eigenvalue weighted by Crippen LogP contribution is -2.27. The summed E-state index contributed by atoms with van der Waals surface area (Å²) < 4.78 is 0. The molecule has 0 bridgehead atoms. The lowest BCUT2D eigenvalue weighted by molar-refractivity contribution is 0.131. The summed E-state index contributed by atoms with van der Waals surface area (Å²) in [6, 6.07) is 0. The highest BCUT2D eigenvalue weighted by Gasteiger charge is 1.99. The molecule has 1 atom stereocenters. The second-order valence-electron chi connectivity index (χ2n) is 2.50. The minimum atomic E-state index is -0.452. The summed E-state index contributed by atoms with van der Waals surface area (Å²) in [7, 11) is 0. The molecule has 1 rings (SSSR count). The van der Waals surface area contributed by atoms with E-state index in [4.69, 9.17) is 5.11 Å². The van der Waals surface area contributed by atoms with Gasteiger partial charge in [-0.3, -0.25) is 15.3 Å². The first-order valence-electron chi connectivity index (χ1n) is 3.99. The van der Waals surface area contributed by atoms with Gasteiger partial charge in [0.15, 0.2) is 0 Å². The van der Waals surface area contributed by atoms with E-state index in [0.29, 0.717) is 13.0 Å². The first-order valence-corrected chi connectivity index (χ1v) is 3.99. The molecule has 0 aromatic carbocycles. The number of aromatic nitrogens is 2. The molecule has 0 spiro atoms. The Kier molecular flexibility index (Phi) is 3.63. The fraction of sp³-hybridized carbons (Fsp3) is 0.500. The van der Waals surface area contributed by atoms with Gasteiger partial charge in [-0.05, 0) is 6.42 Å². The number of hydrogen-bond acceptors (Lipinski definition) is 4. The first kappa shape index (κ1) is 9.09. The molecule has 0 fully saturated rings. The van der Waals surface area contributed by atoms with Gasteiger partial charge >= 0.3 is 0 Å². The molecule has 0 aliphatic heterocycles. The molecule has 0 aliphatic rings. The minimum Gasteiger partial charge on any atom is -0.379 e. The van der Waals surface area contributed by atoms with E-state index in [2.05, 4.69) is 15.3 Å². The van der Waals surface area contributed by atoms with Crippen LogP contribution in [0, 0.1) is 0 Å². The van der Waals surface area contributed by atoms with Crippen molar-refractivity contribution in [3.63, 3.8) is 0 Å². The largest absolute Gasteiger partial charge is 0.379 e. The highest BCUT2D eigenvalue weighted by Crippen LogP contribution is 1.91. The molecule has 1 heterocycles. The molecule has 0 aliphatic carbocycles. The van der Waals surface area contributed by atoms with E-state index in [1.807, 2.05) is 6.92 Å². The molecule has 0 saturated carbocycles. The summed E-state index contributed by atoms with van der Waals surface area (Å²) in [5.74, 6) is 0. The van der Waals surface area contributed by atoms with Crippen molar-refractivity contribution in [3.05, 3.63) is 24.3 Å². The summed E-state index contributed by atoms with van der Waals surface area (Å²) >= 11 is 0. The molecular formula is C8H13N3O. The molecule has 1 aromatic rings. The molecule has 66 valence electrons. The fourth-order valence-electron chi connectivity index (χ4n) is 0.788. The van der Waals surface area contributed by atoms with Gasteiger partial charge in [0.25, 0.3) is 0 Å². The van der Waals surface area contributed by atoms with Crippen molar-refractivity contribution in [2.24, 2.45) is 0 Å². The maximum atomic E-state index is 9.16. The van der Waals surface area contributed by atoms with Crippen molar-refractivity contribution < 1.29 is 5.11 Å². The topological polar surface area (TPSA) is 58.0 Å². The molecule has 1 unspecified atom stereocenters. The van der Waals surface area contributed by atoms with Crippen molar-refractivity contribution in [1.82, 2.24) is 15.3 Å². The van der Waals surface area contributed by atoms with Crippen LogP contribution in [0.2, 0.25) is 0 Å². The lowest BCUT2D eigenvalue weighted by atomic mass is 10.4. The third-order valence-electron chi connectivity index (χ3n) is 1.52. The van der Waals surface area contributed by atoms with Crippen LogP contribution in [0.3, 0.4) is 0 Å². The van der Waals surface area contributed by atoms with Gasteiger partial charge in [-0.2, -0.15) is 0 Å². The molecule has 0 amide bonds. The average Bonchev–Trinajstić information content (AvgIpc) is 2.16. The van der Waals surface area contributed by atoms with Gasteiger partial charge in [-0.1, -0.05) is 6.92 Å². The molecular weight excluding hydrogens is 154 g/mol. The minimum absolute atomic E-state index is 0.452. The van der Waals surface area contributed by atoms with E-state index < -0.39 is 6.23 Å². The third-order valence-corrected chi connectivity index (χ3v) is 1.52. The van der Waals surface area contributed by atoms with E-state index in [0.717, 1.165) is 5.69 Å². The molecule has 0 radical (unpaired) electrons. The predicted molar refractivity (Wildman–Crippen MR) is 45.2 cm³/mol. The second kappa shape index (κ2) is 4.79. The van der Waals surface area contributed by atoms with Gasteiger partial charge in [0.05, 0.1) is 5.69 Å². The highest BCUT2D eigenvalue weighted by atomic mass is 16.3. The van der Waals surface area contributed by atoms with Crippen molar-refractivity contribution in [2.75, 3.05) is 0 Å². The molecule has 0 saturated heterocycles. The molecule has 12 heavy (non-hydrogen) atoms. The standard InChI is InChI=1S/C8H13N3O/c1-2-8(12)11-6-7-5-9-3-4-10-7/h3-5,8,11-12H,2,6H2,1H3. The van der Waals surface area contributed by atoms with Crippen LogP contribution in [0.25, 0.3) is 0 Å². The van der Waals surface area contributed by atoms with Crippen LogP contribution in [0.4, 0.5) is 0 Å². The number of hydrogen-bond donors (Lipinski definition) is 2. The van der Waals surface area contributed by atoms with Gasteiger partial charge in [0.2, 0.25) is 0 Å². The van der Waals surface area contributed by atoms with E-state index >= 15 is 0 Å². The zero-order valence-electron chi connectivity index (χ0n) is 7.07. The van der Waals surface area contributed by atoms with E-state index in [-0.39, 0.29) is 0 Å². The predicted octanol–water partition coefficient (Wildman–Crippen LogP) is 0.295. The monoisotopic (exact) mass is 167 g/mol. The maximum absolute atomic E-state index is 9.16. The Hall–Kier alpha value is -1.00. The van der Waals surface area contributed by atoms with Gasteiger partial charge < -0.3 is 5.11 Å². The Morgan fingerprint density at radius 3 is 3.00 bits per heavy atom. The van der Waals surface area contributed by atoms with Gasteiger partial charge in [0.1, 0.15) is 6.23 Å². The van der Waals surface area contributed by atoms with Gasteiger partial charge in [-0.25, -0.2) is 0 Å².